The van der Waals surface area contributed by atoms with Crippen molar-refractivity contribution in [2.75, 3.05) is 6.61 Å². The minimum Gasteiger partial charge on any atom is -0.508 e. The van der Waals surface area contributed by atoms with E-state index in [-0.39, 0.29) is 17.6 Å². The smallest absolute Gasteiger partial charge is 0.139 e. The second kappa shape index (κ2) is 5.12. The van der Waals surface area contributed by atoms with Crippen LogP contribution in [0.25, 0.3) is 0 Å². The molecule has 0 aromatic heterocycles. The lowest BCUT2D eigenvalue weighted by molar-refractivity contribution is -0.120. The van der Waals surface area contributed by atoms with Crippen LogP contribution < -0.4 is 0 Å². The summed E-state index contributed by atoms with van der Waals surface area (Å²) < 4.78 is 5.41. The summed E-state index contributed by atoms with van der Waals surface area (Å²) in [6.07, 6.45) is 3.05. The van der Waals surface area contributed by atoms with Gasteiger partial charge in [-0.2, -0.15) is 0 Å². The van der Waals surface area contributed by atoms with Gasteiger partial charge in [0.15, 0.2) is 0 Å². The van der Waals surface area contributed by atoms with Gasteiger partial charge in [-0.25, -0.2) is 0 Å². The highest BCUT2D eigenvalue weighted by Crippen LogP contribution is 2.17. The zero-order valence-electron chi connectivity index (χ0n) is 9.19. The number of phenolic OH excluding ortho intramolecular Hbond substituents is 1. The van der Waals surface area contributed by atoms with Crippen LogP contribution in [0.5, 0.6) is 5.75 Å². The first-order chi connectivity index (χ1) is 7.74. The van der Waals surface area contributed by atoms with Crippen molar-refractivity contribution in [2.45, 2.75) is 31.8 Å². The van der Waals surface area contributed by atoms with Crippen LogP contribution in [0.3, 0.4) is 0 Å². The molecular formula is C13H16O3. The number of carbonyl (C=O) groups is 1. The van der Waals surface area contributed by atoms with Crippen LogP contribution in [0.2, 0.25) is 0 Å². The van der Waals surface area contributed by atoms with E-state index in [9.17, 15) is 9.90 Å². The molecule has 1 aliphatic heterocycles. The number of phenols is 1. The Kier molecular flexibility index (Phi) is 3.57. The minimum atomic E-state index is 0.116. The first-order valence-corrected chi connectivity index (χ1v) is 5.65. The third-order valence-corrected chi connectivity index (χ3v) is 2.79. The highest BCUT2D eigenvalue weighted by Gasteiger charge is 2.18. The van der Waals surface area contributed by atoms with Gasteiger partial charge < -0.3 is 9.84 Å². The van der Waals surface area contributed by atoms with E-state index in [4.69, 9.17) is 4.74 Å². The molecule has 1 saturated heterocycles. The monoisotopic (exact) mass is 220 g/mol. The number of aromatic hydroxyl groups is 1. The Morgan fingerprint density at radius 3 is 3.06 bits per heavy atom. The second-order valence-corrected chi connectivity index (χ2v) is 4.22. The lowest BCUT2D eigenvalue weighted by Crippen LogP contribution is -2.14. The first-order valence-electron chi connectivity index (χ1n) is 5.65. The lowest BCUT2D eigenvalue weighted by atomic mass is 10.0. The zero-order chi connectivity index (χ0) is 11.4. The predicted molar refractivity (Wildman–Crippen MR) is 60.4 cm³/mol. The number of carbonyl (C=O) groups excluding carboxylic acids is 1. The van der Waals surface area contributed by atoms with E-state index in [1.54, 1.807) is 18.2 Å². The Bertz CT molecular complexity index is 367. The molecule has 0 radical (unpaired) electrons. The van der Waals surface area contributed by atoms with E-state index in [1.165, 1.54) is 0 Å². The second-order valence-electron chi connectivity index (χ2n) is 4.22. The Morgan fingerprint density at radius 1 is 1.50 bits per heavy atom. The summed E-state index contributed by atoms with van der Waals surface area (Å²) in [4.78, 5) is 11.7. The summed E-state index contributed by atoms with van der Waals surface area (Å²) in [7, 11) is 0. The summed E-state index contributed by atoms with van der Waals surface area (Å²) in [6, 6.07) is 6.85. The number of ether oxygens (including phenoxy) is 1. The fourth-order valence-electron chi connectivity index (χ4n) is 2.03. The summed E-state index contributed by atoms with van der Waals surface area (Å²) >= 11 is 0. The molecular weight excluding hydrogens is 204 g/mol. The van der Waals surface area contributed by atoms with Gasteiger partial charge in [-0.05, 0) is 30.5 Å². The van der Waals surface area contributed by atoms with Gasteiger partial charge in [0.25, 0.3) is 0 Å². The number of rotatable bonds is 4. The Balaban J connectivity index is 1.86. The summed E-state index contributed by atoms with van der Waals surface area (Å²) in [5.74, 6) is 0.389. The van der Waals surface area contributed by atoms with Crippen molar-refractivity contribution >= 4 is 5.78 Å². The fourth-order valence-corrected chi connectivity index (χ4v) is 2.03. The summed E-state index contributed by atoms with van der Waals surface area (Å²) in [6.45, 7) is 0.782. The molecule has 1 fully saturated rings. The quantitative estimate of drug-likeness (QED) is 0.845. The molecule has 0 aliphatic carbocycles. The third kappa shape index (κ3) is 3.07. The summed E-state index contributed by atoms with van der Waals surface area (Å²) in [5, 5.41) is 9.27. The molecule has 1 atom stereocenters. The molecule has 16 heavy (non-hydrogen) atoms. The van der Waals surface area contributed by atoms with Crippen molar-refractivity contribution in [1.82, 2.24) is 0 Å². The van der Waals surface area contributed by atoms with Gasteiger partial charge >= 0.3 is 0 Å². The maximum Gasteiger partial charge on any atom is 0.139 e. The molecule has 1 aliphatic rings. The molecule has 0 spiro atoms. The van der Waals surface area contributed by atoms with Crippen LogP contribution in [0.15, 0.2) is 24.3 Å². The molecule has 86 valence electrons. The van der Waals surface area contributed by atoms with Crippen LogP contribution in [0.4, 0.5) is 0 Å². The molecule has 3 nitrogen and oxygen atoms in total. The van der Waals surface area contributed by atoms with Gasteiger partial charge in [-0.1, -0.05) is 12.1 Å². The third-order valence-electron chi connectivity index (χ3n) is 2.79. The van der Waals surface area contributed by atoms with Crippen LogP contribution >= 0.6 is 0 Å². The molecule has 1 unspecified atom stereocenters. The molecule has 3 heteroatoms. The van der Waals surface area contributed by atoms with Crippen molar-refractivity contribution in [1.29, 1.82) is 0 Å². The van der Waals surface area contributed by atoms with Crippen molar-refractivity contribution in [3.05, 3.63) is 29.8 Å². The first kappa shape index (κ1) is 11.1. The Labute approximate surface area is 95.0 Å². The minimum absolute atomic E-state index is 0.116. The Hall–Kier alpha value is -1.35. The van der Waals surface area contributed by atoms with Crippen LogP contribution in [-0.2, 0) is 16.0 Å². The van der Waals surface area contributed by atoms with E-state index < -0.39 is 0 Å². The van der Waals surface area contributed by atoms with E-state index in [0.717, 1.165) is 25.0 Å². The zero-order valence-corrected chi connectivity index (χ0v) is 9.19. The summed E-state index contributed by atoms with van der Waals surface area (Å²) in [5.41, 5.74) is 0.864. The molecule has 0 saturated carbocycles. The van der Waals surface area contributed by atoms with Gasteiger partial charge in [0.05, 0.1) is 6.10 Å². The molecule has 1 aromatic carbocycles. The number of Topliss-reactive ketones (excluding diaryl/α,β-unsaturated/α-hetero) is 1. The SMILES string of the molecule is O=C(Cc1cccc(O)c1)CC1CCCO1. The molecule has 0 amide bonds. The normalized spacial score (nSPS) is 19.9. The van der Waals surface area contributed by atoms with Crippen molar-refractivity contribution < 1.29 is 14.6 Å². The average molecular weight is 220 g/mol. The largest absolute Gasteiger partial charge is 0.508 e. The topological polar surface area (TPSA) is 46.5 Å². The number of benzene rings is 1. The van der Waals surface area contributed by atoms with Crippen molar-refractivity contribution in [3.63, 3.8) is 0 Å². The number of ketones is 1. The molecule has 1 heterocycles. The van der Waals surface area contributed by atoms with Gasteiger partial charge in [-0.15, -0.1) is 0 Å². The predicted octanol–water partition coefficient (Wildman–Crippen LogP) is 2.07. The van der Waals surface area contributed by atoms with Crippen molar-refractivity contribution in [2.24, 2.45) is 0 Å². The van der Waals surface area contributed by atoms with E-state index in [1.807, 2.05) is 6.07 Å². The fraction of sp³-hybridized carbons (Fsp3) is 0.462. The molecule has 2 rings (SSSR count). The van der Waals surface area contributed by atoms with E-state index >= 15 is 0 Å². The van der Waals surface area contributed by atoms with Crippen LogP contribution in [-0.4, -0.2) is 23.6 Å². The van der Waals surface area contributed by atoms with Crippen molar-refractivity contribution in [3.8, 4) is 5.75 Å². The van der Waals surface area contributed by atoms with Gasteiger partial charge in [0.2, 0.25) is 0 Å². The van der Waals surface area contributed by atoms with E-state index in [0.29, 0.717) is 12.8 Å². The van der Waals surface area contributed by atoms with E-state index in [2.05, 4.69) is 0 Å². The highest BCUT2D eigenvalue weighted by atomic mass is 16.5. The van der Waals surface area contributed by atoms with Crippen LogP contribution in [0, 0.1) is 0 Å². The van der Waals surface area contributed by atoms with Gasteiger partial charge in [-0.3, -0.25) is 4.79 Å². The maximum atomic E-state index is 11.7. The highest BCUT2D eigenvalue weighted by molar-refractivity contribution is 5.81. The number of hydrogen-bond donors (Lipinski definition) is 1. The standard InChI is InChI=1S/C13H16O3/c14-11-4-1-3-10(7-11)8-12(15)9-13-5-2-6-16-13/h1,3-4,7,13-14H,2,5-6,8-9H2. The average Bonchev–Trinajstić information content (AvgIpc) is 2.70. The van der Waals surface area contributed by atoms with Gasteiger partial charge in [0, 0.05) is 19.4 Å². The molecule has 1 N–H and O–H groups in total. The Morgan fingerprint density at radius 2 is 2.38 bits per heavy atom. The number of hydrogen-bond acceptors (Lipinski definition) is 3. The van der Waals surface area contributed by atoms with Gasteiger partial charge in [0.1, 0.15) is 11.5 Å². The van der Waals surface area contributed by atoms with Crippen LogP contribution in [0.1, 0.15) is 24.8 Å². The lowest BCUT2D eigenvalue weighted by Gasteiger charge is -2.08. The molecule has 0 bridgehead atoms. The maximum absolute atomic E-state index is 11.7. The molecule has 1 aromatic rings.